The first-order valence-electron chi connectivity index (χ1n) is 5.41. The van der Waals surface area contributed by atoms with Gasteiger partial charge in [-0.05, 0) is 12.8 Å². The Morgan fingerprint density at radius 3 is 2.93 bits per heavy atom. The lowest BCUT2D eigenvalue weighted by molar-refractivity contribution is 0.243. The summed E-state index contributed by atoms with van der Waals surface area (Å²) in [6.07, 6.45) is 2.73. The van der Waals surface area contributed by atoms with Gasteiger partial charge in [-0.3, -0.25) is 0 Å². The third kappa shape index (κ3) is 5.56. The molecular weight excluding hydrogens is 228 g/mol. The Kier molecular flexibility index (Phi) is 6.32. The molecule has 1 rings (SSSR count). The minimum absolute atomic E-state index is 0.0838. The molecular formula is C10H20N2OS2. The van der Waals surface area contributed by atoms with E-state index in [0.29, 0.717) is 0 Å². The first kappa shape index (κ1) is 13.0. The SMILES string of the molecule is CNC(=O)NCCSCC1CCC(C)S1. The second-order valence-corrected chi connectivity index (χ2v) is 6.62. The minimum atomic E-state index is -0.0838. The Balaban J connectivity index is 1.91. The molecule has 1 aliphatic rings. The van der Waals surface area contributed by atoms with Crippen molar-refractivity contribution in [2.45, 2.75) is 30.3 Å². The van der Waals surface area contributed by atoms with Crippen molar-refractivity contribution in [1.29, 1.82) is 0 Å². The highest BCUT2D eigenvalue weighted by Crippen LogP contribution is 2.34. The van der Waals surface area contributed by atoms with E-state index in [2.05, 4.69) is 29.3 Å². The van der Waals surface area contributed by atoms with Gasteiger partial charge in [0.05, 0.1) is 0 Å². The lowest BCUT2D eigenvalue weighted by atomic mass is 10.2. The zero-order chi connectivity index (χ0) is 11.1. The number of nitrogens with one attached hydrogen (secondary N) is 2. The number of thioether (sulfide) groups is 2. The summed E-state index contributed by atoms with van der Waals surface area (Å²) in [4.78, 5) is 10.8. The van der Waals surface area contributed by atoms with Crippen LogP contribution < -0.4 is 10.6 Å². The number of hydrogen-bond acceptors (Lipinski definition) is 3. The Hall–Kier alpha value is -0.0300. The smallest absolute Gasteiger partial charge is 0.314 e. The van der Waals surface area contributed by atoms with Crippen LogP contribution in [0.2, 0.25) is 0 Å². The molecule has 1 saturated heterocycles. The Morgan fingerprint density at radius 1 is 1.53 bits per heavy atom. The summed E-state index contributed by atoms with van der Waals surface area (Å²) < 4.78 is 0. The molecule has 2 atom stereocenters. The van der Waals surface area contributed by atoms with Gasteiger partial charge in [-0.15, -0.1) is 0 Å². The van der Waals surface area contributed by atoms with Crippen LogP contribution in [0.1, 0.15) is 19.8 Å². The molecule has 0 radical (unpaired) electrons. The fourth-order valence-electron chi connectivity index (χ4n) is 1.55. The van der Waals surface area contributed by atoms with E-state index < -0.39 is 0 Å². The van der Waals surface area contributed by atoms with Gasteiger partial charge >= 0.3 is 6.03 Å². The number of urea groups is 1. The van der Waals surface area contributed by atoms with Crippen molar-refractivity contribution in [2.75, 3.05) is 25.1 Å². The van der Waals surface area contributed by atoms with E-state index in [1.54, 1.807) is 7.05 Å². The van der Waals surface area contributed by atoms with E-state index in [9.17, 15) is 4.79 Å². The van der Waals surface area contributed by atoms with Crippen LogP contribution in [0.25, 0.3) is 0 Å². The molecule has 0 aromatic carbocycles. The molecule has 0 saturated carbocycles. The van der Waals surface area contributed by atoms with Crippen molar-refractivity contribution in [1.82, 2.24) is 10.6 Å². The number of hydrogen-bond donors (Lipinski definition) is 2. The van der Waals surface area contributed by atoms with Crippen molar-refractivity contribution in [3.63, 3.8) is 0 Å². The van der Waals surface area contributed by atoms with Gasteiger partial charge < -0.3 is 10.6 Å². The summed E-state index contributed by atoms with van der Waals surface area (Å²) in [6.45, 7) is 3.07. The van der Waals surface area contributed by atoms with E-state index in [4.69, 9.17) is 0 Å². The van der Waals surface area contributed by atoms with Crippen LogP contribution in [0.3, 0.4) is 0 Å². The Labute approximate surface area is 101 Å². The molecule has 1 fully saturated rings. The molecule has 1 aliphatic heterocycles. The fraction of sp³-hybridized carbons (Fsp3) is 0.900. The fourth-order valence-corrected chi connectivity index (χ4v) is 4.19. The predicted octanol–water partition coefficient (Wildman–Crippen LogP) is 1.93. The molecule has 1 heterocycles. The van der Waals surface area contributed by atoms with Gasteiger partial charge in [0.25, 0.3) is 0 Å². The minimum Gasteiger partial charge on any atom is -0.341 e. The normalized spacial score (nSPS) is 25.2. The van der Waals surface area contributed by atoms with E-state index in [1.807, 2.05) is 11.8 Å². The van der Waals surface area contributed by atoms with Crippen LogP contribution in [0, 0.1) is 0 Å². The van der Waals surface area contributed by atoms with Crippen LogP contribution in [-0.4, -0.2) is 41.6 Å². The van der Waals surface area contributed by atoms with Crippen molar-refractivity contribution in [3.05, 3.63) is 0 Å². The predicted molar refractivity (Wildman–Crippen MR) is 69.9 cm³/mol. The molecule has 2 unspecified atom stereocenters. The van der Waals surface area contributed by atoms with E-state index >= 15 is 0 Å². The molecule has 0 aliphatic carbocycles. The van der Waals surface area contributed by atoms with Crippen molar-refractivity contribution in [2.24, 2.45) is 0 Å². The average molecular weight is 248 g/mol. The van der Waals surface area contributed by atoms with Gasteiger partial charge in [-0.1, -0.05) is 6.92 Å². The van der Waals surface area contributed by atoms with Gasteiger partial charge in [-0.2, -0.15) is 23.5 Å². The molecule has 0 aromatic heterocycles. The first-order chi connectivity index (χ1) is 7.22. The summed E-state index contributed by atoms with van der Waals surface area (Å²) >= 11 is 4.06. The van der Waals surface area contributed by atoms with Crippen LogP contribution in [-0.2, 0) is 0 Å². The van der Waals surface area contributed by atoms with E-state index in [1.165, 1.54) is 18.6 Å². The highest BCUT2D eigenvalue weighted by Gasteiger charge is 2.21. The standard InChI is InChI=1S/C10H20N2OS2/c1-8-3-4-9(15-8)7-14-6-5-12-10(13)11-2/h8-9H,3-7H2,1-2H3,(H2,11,12,13). The van der Waals surface area contributed by atoms with Crippen molar-refractivity contribution < 1.29 is 4.79 Å². The zero-order valence-electron chi connectivity index (χ0n) is 9.41. The topological polar surface area (TPSA) is 41.1 Å². The maximum atomic E-state index is 10.8. The molecule has 0 spiro atoms. The lowest BCUT2D eigenvalue weighted by Crippen LogP contribution is -2.34. The summed E-state index contributed by atoms with van der Waals surface area (Å²) in [7, 11) is 1.64. The van der Waals surface area contributed by atoms with Gasteiger partial charge in [0.1, 0.15) is 0 Å². The highest BCUT2D eigenvalue weighted by atomic mass is 32.2. The third-order valence-corrected chi connectivity index (χ3v) is 5.21. The molecule has 15 heavy (non-hydrogen) atoms. The van der Waals surface area contributed by atoms with E-state index in [-0.39, 0.29) is 6.03 Å². The van der Waals surface area contributed by atoms with Crippen LogP contribution in [0.15, 0.2) is 0 Å². The molecule has 0 aromatic rings. The average Bonchev–Trinajstić information content (AvgIpc) is 2.63. The molecule has 88 valence electrons. The number of carbonyl (C=O) groups excluding carboxylic acids is 1. The maximum absolute atomic E-state index is 10.8. The lowest BCUT2D eigenvalue weighted by Gasteiger charge is -2.09. The molecule has 5 heteroatoms. The molecule has 0 bridgehead atoms. The van der Waals surface area contributed by atoms with Gasteiger partial charge in [0.15, 0.2) is 0 Å². The number of rotatable bonds is 5. The second kappa shape index (κ2) is 7.28. The first-order valence-corrected chi connectivity index (χ1v) is 7.51. The van der Waals surface area contributed by atoms with Gasteiger partial charge in [0.2, 0.25) is 0 Å². The number of amides is 2. The summed E-state index contributed by atoms with van der Waals surface area (Å²) in [5, 5.41) is 7.01. The summed E-state index contributed by atoms with van der Waals surface area (Å²) in [6, 6.07) is -0.0838. The Bertz CT molecular complexity index is 202. The maximum Gasteiger partial charge on any atom is 0.314 e. The third-order valence-electron chi connectivity index (χ3n) is 2.38. The monoisotopic (exact) mass is 248 g/mol. The largest absolute Gasteiger partial charge is 0.341 e. The van der Waals surface area contributed by atoms with Crippen molar-refractivity contribution in [3.8, 4) is 0 Å². The quantitative estimate of drug-likeness (QED) is 0.731. The molecule has 2 amide bonds. The summed E-state index contributed by atoms with van der Waals surface area (Å²) in [5.74, 6) is 2.24. The van der Waals surface area contributed by atoms with E-state index in [0.717, 1.165) is 22.8 Å². The summed E-state index contributed by atoms with van der Waals surface area (Å²) in [5.41, 5.74) is 0. The van der Waals surface area contributed by atoms with Crippen molar-refractivity contribution >= 4 is 29.6 Å². The highest BCUT2D eigenvalue weighted by molar-refractivity contribution is 8.03. The van der Waals surface area contributed by atoms with Crippen LogP contribution in [0.5, 0.6) is 0 Å². The van der Waals surface area contributed by atoms with Gasteiger partial charge in [-0.25, -0.2) is 4.79 Å². The van der Waals surface area contributed by atoms with Crippen LogP contribution >= 0.6 is 23.5 Å². The zero-order valence-corrected chi connectivity index (χ0v) is 11.0. The van der Waals surface area contributed by atoms with Crippen LogP contribution in [0.4, 0.5) is 4.79 Å². The second-order valence-electron chi connectivity index (χ2n) is 3.73. The molecule has 3 nitrogen and oxygen atoms in total. The molecule has 2 N–H and O–H groups in total. The van der Waals surface area contributed by atoms with Gasteiger partial charge in [0, 0.05) is 35.6 Å². The number of carbonyl (C=O) groups is 1. The Morgan fingerprint density at radius 2 is 2.33 bits per heavy atom.